The fourth-order valence-electron chi connectivity index (χ4n) is 2.25. The van der Waals surface area contributed by atoms with Crippen LogP contribution in [0.1, 0.15) is 38.5 Å². The lowest BCUT2D eigenvalue weighted by Crippen LogP contribution is -2.16. The zero-order valence-corrected chi connectivity index (χ0v) is 12.1. The van der Waals surface area contributed by atoms with Crippen LogP contribution in [0.5, 0.6) is 0 Å². The number of hydrogen-bond donors (Lipinski definition) is 0. The van der Waals surface area contributed by atoms with E-state index in [1.54, 1.807) is 0 Å². The Morgan fingerprint density at radius 1 is 1.13 bits per heavy atom. The van der Waals surface area contributed by atoms with Crippen molar-refractivity contribution >= 4 is 24.1 Å². The summed E-state index contributed by atoms with van der Waals surface area (Å²) in [6.45, 7) is 7.32. The van der Waals surface area contributed by atoms with E-state index in [9.17, 15) is 0 Å². The first kappa shape index (κ1) is 11.7. The number of nitrogens with zero attached hydrogens (tertiary/aromatic N) is 1. The van der Waals surface area contributed by atoms with Crippen LogP contribution in [0.4, 0.5) is 0 Å². The summed E-state index contributed by atoms with van der Waals surface area (Å²) in [6, 6.07) is 0.695. The lowest BCUT2D eigenvalue weighted by molar-refractivity contribution is 0.444. The van der Waals surface area contributed by atoms with Crippen LogP contribution < -0.4 is 0 Å². The summed E-state index contributed by atoms with van der Waals surface area (Å²) in [6.07, 6.45) is 8.27. The Balaban J connectivity index is 1.79. The third kappa shape index (κ3) is 3.95. The van der Waals surface area contributed by atoms with E-state index in [1.807, 2.05) is 0 Å². The summed E-state index contributed by atoms with van der Waals surface area (Å²) < 4.78 is 0. The minimum absolute atomic E-state index is 0.695. The van der Waals surface area contributed by atoms with Gasteiger partial charge in [0.25, 0.3) is 0 Å². The Morgan fingerprint density at radius 3 is 2.40 bits per heavy atom. The van der Waals surface area contributed by atoms with Gasteiger partial charge in [-0.15, -0.1) is 0 Å². The number of aliphatic imine (C=N–C) groups is 1. The molecular weight excluding hydrogens is 218 g/mol. The molecule has 0 amide bonds. The fourth-order valence-corrected chi connectivity index (χ4v) is 6.77. The average molecular weight is 241 g/mol. The molecule has 0 aliphatic heterocycles. The van der Waals surface area contributed by atoms with Gasteiger partial charge in [-0.3, -0.25) is 4.99 Å². The summed E-state index contributed by atoms with van der Waals surface area (Å²) in [7, 11) is -0.930. The summed E-state index contributed by atoms with van der Waals surface area (Å²) in [5, 5.41) is 0.818. The Morgan fingerprint density at radius 2 is 1.80 bits per heavy atom. The highest BCUT2D eigenvalue weighted by Crippen LogP contribution is 2.38. The Bertz CT molecular complexity index is 251. The Labute approximate surface area is 98.8 Å². The highest BCUT2D eigenvalue weighted by molar-refractivity contribution is 8.29. The van der Waals surface area contributed by atoms with Gasteiger partial charge in [-0.25, -0.2) is 0 Å². The molecule has 2 saturated carbocycles. The second-order valence-electron chi connectivity index (χ2n) is 5.84. The topological polar surface area (TPSA) is 12.4 Å². The molecule has 1 atom stereocenters. The van der Waals surface area contributed by atoms with E-state index < -0.39 is 7.22 Å². The predicted molar refractivity (Wildman–Crippen MR) is 73.7 cm³/mol. The van der Waals surface area contributed by atoms with Gasteiger partial charge < -0.3 is 0 Å². The van der Waals surface area contributed by atoms with Crippen molar-refractivity contribution in [3.05, 3.63) is 0 Å². The quantitative estimate of drug-likeness (QED) is 0.678. The zero-order valence-electron chi connectivity index (χ0n) is 10.3. The van der Waals surface area contributed by atoms with E-state index in [4.69, 9.17) is 4.99 Å². The van der Waals surface area contributed by atoms with Crippen LogP contribution in [0.2, 0.25) is 19.6 Å². The molecule has 0 aromatic heterocycles. The lowest BCUT2D eigenvalue weighted by atomic mass is 9.96. The van der Waals surface area contributed by atoms with Gasteiger partial charge in [0.15, 0.2) is 0 Å². The van der Waals surface area contributed by atoms with Crippen molar-refractivity contribution in [2.45, 2.75) is 69.5 Å². The first-order chi connectivity index (χ1) is 7.04. The minimum atomic E-state index is -0.930. The molecule has 1 unspecified atom stereocenters. The van der Waals surface area contributed by atoms with Gasteiger partial charge in [-0.2, -0.15) is 11.2 Å². The molecule has 2 aliphatic rings. The minimum Gasteiger partial charge on any atom is -0.290 e. The van der Waals surface area contributed by atoms with Crippen molar-refractivity contribution in [2.24, 2.45) is 4.99 Å². The first-order valence-electron chi connectivity index (χ1n) is 6.29. The van der Waals surface area contributed by atoms with Gasteiger partial charge in [0, 0.05) is 23.4 Å². The van der Waals surface area contributed by atoms with Crippen LogP contribution in [-0.4, -0.2) is 24.2 Å². The van der Waals surface area contributed by atoms with Crippen molar-refractivity contribution in [1.82, 2.24) is 0 Å². The molecule has 0 radical (unpaired) electrons. The second kappa shape index (κ2) is 4.62. The van der Waals surface area contributed by atoms with Crippen LogP contribution in [-0.2, 0) is 0 Å². The maximum Gasteiger partial charge on any atom is 0.109 e. The molecule has 1 nitrogen and oxygen atoms in total. The van der Waals surface area contributed by atoms with Crippen molar-refractivity contribution in [2.75, 3.05) is 0 Å². The SMILES string of the molecule is C[Si](C)(C)SC1CC1=NC1CCCCC1. The van der Waals surface area contributed by atoms with Gasteiger partial charge >= 0.3 is 0 Å². The Hall–Kier alpha value is 0.237. The monoisotopic (exact) mass is 241 g/mol. The molecule has 0 saturated heterocycles. The van der Waals surface area contributed by atoms with E-state index >= 15 is 0 Å². The molecule has 0 spiro atoms. The first-order valence-corrected chi connectivity index (χ1v) is 11.4. The van der Waals surface area contributed by atoms with Gasteiger partial charge in [0.2, 0.25) is 0 Å². The van der Waals surface area contributed by atoms with Gasteiger partial charge in [-0.1, -0.05) is 38.9 Å². The summed E-state index contributed by atoms with van der Waals surface area (Å²) in [5.41, 5.74) is 1.54. The van der Waals surface area contributed by atoms with Crippen LogP contribution in [0.25, 0.3) is 0 Å². The standard InChI is InChI=1S/C12H23NSSi/c1-15(2,3)14-12-9-11(12)13-10-7-5-4-6-8-10/h10,12H,4-9H2,1-3H3. The molecule has 0 bridgehead atoms. The average Bonchev–Trinajstić information content (AvgIpc) is 2.82. The van der Waals surface area contributed by atoms with E-state index in [0.29, 0.717) is 6.04 Å². The lowest BCUT2D eigenvalue weighted by Gasteiger charge is -2.17. The molecule has 0 aromatic carbocycles. The largest absolute Gasteiger partial charge is 0.290 e. The molecule has 15 heavy (non-hydrogen) atoms. The van der Waals surface area contributed by atoms with Crippen LogP contribution in [0.3, 0.4) is 0 Å². The second-order valence-corrected chi connectivity index (χ2v) is 15.2. The summed E-state index contributed by atoms with van der Waals surface area (Å²) in [5.74, 6) is 0. The van der Waals surface area contributed by atoms with Crippen molar-refractivity contribution in [3.63, 3.8) is 0 Å². The van der Waals surface area contributed by atoms with E-state index in [0.717, 1.165) is 5.25 Å². The molecule has 2 fully saturated rings. The third-order valence-electron chi connectivity index (χ3n) is 3.02. The van der Waals surface area contributed by atoms with Crippen LogP contribution in [0, 0.1) is 0 Å². The molecule has 2 aliphatic carbocycles. The third-order valence-corrected chi connectivity index (χ3v) is 7.43. The number of hydrogen-bond acceptors (Lipinski definition) is 2. The van der Waals surface area contributed by atoms with Crippen LogP contribution in [0.15, 0.2) is 4.99 Å². The molecule has 0 aromatic rings. The van der Waals surface area contributed by atoms with Crippen molar-refractivity contribution in [3.8, 4) is 0 Å². The van der Waals surface area contributed by atoms with Crippen molar-refractivity contribution < 1.29 is 0 Å². The maximum absolute atomic E-state index is 4.93. The van der Waals surface area contributed by atoms with Crippen LogP contribution >= 0.6 is 11.2 Å². The van der Waals surface area contributed by atoms with Crippen molar-refractivity contribution in [1.29, 1.82) is 0 Å². The van der Waals surface area contributed by atoms with E-state index in [2.05, 4.69) is 30.9 Å². The zero-order chi connectivity index (χ0) is 10.9. The fraction of sp³-hybridized carbons (Fsp3) is 0.917. The van der Waals surface area contributed by atoms with E-state index in [1.165, 1.54) is 44.2 Å². The van der Waals surface area contributed by atoms with Gasteiger partial charge in [-0.05, 0) is 12.8 Å². The summed E-state index contributed by atoms with van der Waals surface area (Å²) >= 11 is 2.23. The summed E-state index contributed by atoms with van der Waals surface area (Å²) in [4.78, 5) is 4.93. The van der Waals surface area contributed by atoms with Gasteiger partial charge in [0.05, 0.1) is 0 Å². The van der Waals surface area contributed by atoms with E-state index in [-0.39, 0.29) is 0 Å². The molecule has 86 valence electrons. The molecular formula is C12H23NSSi. The molecule has 3 heteroatoms. The van der Waals surface area contributed by atoms with Gasteiger partial charge in [0.1, 0.15) is 7.22 Å². The molecule has 2 rings (SSSR count). The smallest absolute Gasteiger partial charge is 0.109 e. The maximum atomic E-state index is 4.93. The highest BCUT2D eigenvalue weighted by atomic mass is 32.4. The number of rotatable bonds is 3. The highest BCUT2D eigenvalue weighted by Gasteiger charge is 2.37. The normalized spacial score (nSPS) is 30.9. The predicted octanol–water partition coefficient (Wildman–Crippen LogP) is 4.10. The Kier molecular flexibility index (Phi) is 3.61. The molecule has 0 N–H and O–H groups in total. The molecule has 0 heterocycles.